The quantitative estimate of drug-likeness (QED) is 0.661. The molecule has 0 radical (unpaired) electrons. The van der Waals surface area contributed by atoms with Gasteiger partial charge in [0.15, 0.2) is 0 Å². The summed E-state index contributed by atoms with van der Waals surface area (Å²) in [6.07, 6.45) is 3.33. The van der Waals surface area contributed by atoms with Gasteiger partial charge < -0.3 is 0 Å². The summed E-state index contributed by atoms with van der Waals surface area (Å²) in [5, 5.41) is 0.818. The molecule has 2 aromatic carbocycles. The number of hydrogen-bond acceptors (Lipinski definition) is 0. The summed E-state index contributed by atoms with van der Waals surface area (Å²) in [5.41, 5.74) is 6.51. The van der Waals surface area contributed by atoms with Gasteiger partial charge in [-0.3, -0.25) is 0 Å². The van der Waals surface area contributed by atoms with Crippen molar-refractivity contribution in [1.82, 2.24) is 0 Å². The predicted octanol–water partition coefficient (Wildman–Crippen LogP) is 4.97. The molecule has 0 atom stereocenters. The molecule has 0 saturated carbocycles. The fourth-order valence-electron chi connectivity index (χ4n) is 2.45. The van der Waals surface area contributed by atoms with E-state index in [9.17, 15) is 0 Å². The largest absolute Gasteiger partial charge is 0.0837 e. The van der Waals surface area contributed by atoms with Crippen LogP contribution in [0.15, 0.2) is 48.0 Å². The second-order valence-electron chi connectivity index (χ2n) is 4.53. The molecule has 0 saturated heterocycles. The van der Waals surface area contributed by atoms with Gasteiger partial charge in [0.1, 0.15) is 0 Å². The van der Waals surface area contributed by atoms with E-state index in [0.717, 1.165) is 17.0 Å². The predicted molar refractivity (Wildman–Crippen MR) is 74.2 cm³/mol. The van der Waals surface area contributed by atoms with Crippen molar-refractivity contribution in [1.29, 1.82) is 0 Å². The monoisotopic (exact) mass is 240 g/mol. The molecule has 0 amide bonds. The Morgan fingerprint density at radius 3 is 2.53 bits per heavy atom. The van der Waals surface area contributed by atoms with Crippen molar-refractivity contribution in [2.24, 2.45) is 0 Å². The van der Waals surface area contributed by atoms with Gasteiger partial charge in [0.25, 0.3) is 0 Å². The summed E-state index contributed by atoms with van der Waals surface area (Å²) < 4.78 is 0. The molecule has 0 N–H and O–H groups in total. The third-order valence-electron chi connectivity index (χ3n) is 3.22. The van der Waals surface area contributed by atoms with Crippen LogP contribution in [-0.2, 0) is 6.42 Å². The van der Waals surface area contributed by atoms with Crippen LogP contribution in [0.5, 0.6) is 0 Å². The van der Waals surface area contributed by atoms with Gasteiger partial charge in [0, 0.05) is 10.6 Å². The second-order valence-corrected chi connectivity index (χ2v) is 4.93. The first-order valence-corrected chi connectivity index (χ1v) is 6.17. The van der Waals surface area contributed by atoms with Crippen molar-refractivity contribution in [3.05, 3.63) is 64.2 Å². The van der Waals surface area contributed by atoms with Crippen LogP contribution in [-0.4, -0.2) is 0 Å². The summed E-state index contributed by atoms with van der Waals surface area (Å²) in [7, 11) is 0. The molecule has 2 aromatic rings. The number of benzene rings is 2. The van der Waals surface area contributed by atoms with E-state index in [1.54, 1.807) is 0 Å². The van der Waals surface area contributed by atoms with Crippen LogP contribution in [0.4, 0.5) is 0 Å². The lowest BCUT2D eigenvalue weighted by atomic mass is 9.97. The minimum atomic E-state index is 0.818. The molecule has 17 heavy (non-hydrogen) atoms. The van der Waals surface area contributed by atoms with E-state index < -0.39 is 0 Å². The third kappa shape index (κ3) is 1.79. The third-order valence-corrected chi connectivity index (χ3v) is 3.55. The van der Waals surface area contributed by atoms with Crippen LogP contribution in [0.2, 0.25) is 5.02 Å². The zero-order chi connectivity index (χ0) is 11.8. The molecule has 0 nitrogen and oxygen atoms in total. The number of fused-ring (bicyclic) bond motifs is 1. The normalized spacial score (nSPS) is 13.4. The average molecular weight is 241 g/mol. The highest BCUT2D eigenvalue weighted by Gasteiger charge is 2.15. The standard InChI is InChI=1S/C16H13Cl/c1-11-9-12-5-4-7-13(15(12)10-11)14-6-2-3-8-16(14)17/h2-8,10H,9H2,1H3. The molecule has 1 aliphatic rings. The number of rotatable bonds is 1. The highest BCUT2D eigenvalue weighted by Crippen LogP contribution is 2.36. The molecular formula is C16H13Cl. The number of allylic oxidation sites excluding steroid dienone is 1. The minimum absolute atomic E-state index is 0.818. The Kier molecular flexibility index (Phi) is 2.53. The van der Waals surface area contributed by atoms with E-state index in [1.807, 2.05) is 18.2 Å². The molecule has 1 heteroatoms. The molecule has 3 rings (SSSR count). The van der Waals surface area contributed by atoms with Gasteiger partial charge in [-0.25, -0.2) is 0 Å². The van der Waals surface area contributed by atoms with Gasteiger partial charge in [0.05, 0.1) is 0 Å². The average Bonchev–Trinajstić information content (AvgIpc) is 2.70. The topological polar surface area (TPSA) is 0 Å². The lowest BCUT2D eigenvalue weighted by Crippen LogP contribution is -1.87. The molecule has 0 fully saturated rings. The zero-order valence-electron chi connectivity index (χ0n) is 9.70. The van der Waals surface area contributed by atoms with E-state index >= 15 is 0 Å². The summed E-state index contributed by atoms with van der Waals surface area (Å²) >= 11 is 6.28. The first-order chi connectivity index (χ1) is 8.25. The van der Waals surface area contributed by atoms with Crippen molar-refractivity contribution >= 4 is 17.7 Å². The van der Waals surface area contributed by atoms with Crippen LogP contribution in [0.1, 0.15) is 18.1 Å². The Morgan fingerprint density at radius 1 is 0.941 bits per heavy atom. The smallest absolute Gasteiger partial charge is 0.0484 e. The van der Waals surface area contributed by atoms with Crippen molar-refractivity contribution in [3.63, 3.8) is 0 Å². The van der Waals surface area contributed by atoms with E-state index in [1.165, 1.54) is 22.3 Å². The van der Waals surface area contributed by atoms with E-state index in [0.29, 0.717) is 0 Å². The highest BCUT2D eigenvalue weighted by molar-refractivity contribution is 6.33. The minimum Gasteiger partial charge on any atom is -0.0837 e. The molecular weight excluding hydrogens is 228 g/mol. The summed E-state index contributed by atoms with van der Waals surface area (Å²) in [5.74, 6) is 0. The highest BCUT2D eigenvalue weighted by atomic mass is 35.5. The first-order valence-electron chi connectivity index (χ1n) is 5.79. The van der Waals surface area contributed by atoms with E-state index in [4.69, 9.17) is 11.6 Å². The van der Waals surface area contributed by atoms with Gasteiger partial charge in [0.2, 0.25) is 0 Å². The Labute approximate surface area is 107 Å². The Bertz CT molecular complexity index is 609. The Morgan fingerprint density at radius 2 is 1.71 bits per heavy atom. The van der Waals surface area contributed by atoms with Crippen LogP contribution in [0.3, 0.4) is 0 Å². The summed E-state index contributed by atoms with van der Waals surface area (Å²) in [6.45, 7) is 2.18. The van der Waals surface area contributed by atoms with E-state index in [2.05, 4.69) is 37.3 Å². The van der Waals surface area contributed by atoms with Crippen LogP contribution in [0, 0.1) is 0 Å². The van der Waals surface area contributed by atoms with Crippen molar-refractivity contribution < 1.29 is 0 Å². The Hall–Kier alpha value is -1.53. The molecule has 0 heterocycles. The molecule has 0 spiro atoms. The maximum atomic E-state index is 6.28. The molecule has 1 aliphatic carbocycles. The zero-order valence-corrected chi connectivity index (χ0v) is 10.5. The van der Waals surface area contributed by atoms with E-state index in [-0.39, 0.29) is 0 Å². The SMILES string of the molecule is CC1=Cc2c(cccc2-c2ccccc2Cl)C1. The lowest BCUT2D eigenvalue weighted by Gasteiger charge is -2.09. The van der Waals surface area contributed by atoms with Gasteiger partial charge in [-0.15, -0.1) is 0 Å². The van der Waals surface area contributed by atoms with Gasteiger partial charge in [-0.05, 0) is 36.1 Å². The molecule has 0 bridgehead atoms. The molecule has 84 valence electrons. The van der Waals surface area contributed by atoms with Crippen molar-refractivity contribution in [2.75, 3.05) is 0 Å². The fourth-order valence-corrected chi connectivity index (χ4v) is 2.69. The number of hydrogen-bond donors (Lipinski definition) is 0. The molecule has 0 aromatic heterocycles. The molecule has 0 aliphatic heterocycles. The summed E-state index contributed by atoms with van der Waals surface area (Å²) in [6, 6.07) is 14.5. The number of halogens is 1. The van der Waals surface area contributed by atoms with Gasteiger partial charge in [-0.1, -0.05) is 59.6 Å². The first kappa shape index (κ1) is 10.6. The fraction of sp³-hybridized carbons (Fsp3) is 0.125. The van der Waals surface area contributed by atoms with Gasteiger partial charge in [-0.2, -0.15) is 0 Å². The van der Waals surface area contributed by atoms with Crippen LogP contribution in [0.25, 0.3) is 17.2 Å². The van der Waals surface area contributed by atoms with Crippen LogP contribution >= 0.6 is 11.6 Å². The summed E-state index contributed by atoms with van der Waals surface area (Å²) in [4.78, 5) is 0. The maximum absolute atomic E-state index is 6.28. The van der Waals surface area contributed by atoms with Crippen molar-refractivity contribution in [2.45, 2.75) is 13.3 Å². The maximum Gasteiger partial charge on any atom is 0.0484 e. The van der Waals surface area contributed by atoms with Crippen LogP contribution < -0.4 is 0 Å². The van der Waals surface area contributed by atoms with Gasteiger partial charge >= 0.3 is 0 Å². The second kappa shape index (κ2) is 4.05. The van der Waals surface area contributed by atoms with Crippen molar-refractivity contribution in [3.8, 4) is 11.1 Å². The lowest BCUT2D eigenvalue weighted by molar-refractivity contribution is 1.20. The molecule has 0 unspecified atom stereocenters. The Balaban J connectivity index is 2.24.